The molecule has 0 radical (unpaired) electrons. The summed E-state index contributed by atoms with van der Waals surface area (Å²) in [7, 11) is 0. The van der Waals surface area contributed by atoms with Crippen molar-refractivity contribution in [1.29, 1.82) is 5.26 Å². The Labute approximate surface area is 98.8 Å². The van der Waals surface area contributed by atoms with Crippen LogP contribution in [0.25, 0.3) is 11.3 Å². The van der Waals surface area contributed by atoms with Crippen LogP contribution in [0.4, 0.5) is 0 Å². The number of aliphatic hydroxyl groups is 1. The predicted molar refractivity (Wildman–Crippen MR) is 61.9 cm³/mol. The third-order valence-corrected chi connectivity index (χ3v) is 2.58. The average Bonchev–Trinajstić information content (AvgIpc) is 2.70. The Bertz CT molecular complexity index is 580. The molecule has 1 unspecified atom stereocenters. The van der Waals surface area contributed by atoms with Gasteiger partial charge in [0.15, 0.2) is 5.69 Å². The van der Waals surface area contributed by atoms with Crippen LogP contribution in [0.15, 0.2) is 18.3 Å². The van der Waals surface area contributed by atoms with Gasteiger partial charge in [-0.25, -0.2) is 0 Å². The number of pyridine rings is 1. The largest absolute Gasteiger partial charge is 0.389 e. The lowest BCUT2D eigenvalue weighted by atomic mass is 10.0. The van der Waals surface area contributed by atoms with E-state index in [1.165, 1.54) is 0 Å². The molecular weight excluding hydrogens is 216 g/mol. The zero-order chi connectivity index (χ0) is 12.4. The van der Waals surface area contributed by atoms with E-state index in [0.29, 0.717) is 22.5 Å². The van der Waals surface area contributed by atoms with Crippen LogP contribution in [0.1, 0.15) is 30.0 Å². The molecule has 17 heavy (non-hydrogen) atoms. The SMILES string of the molecule is Cc1[nH]nc(C#N)c1-c1ncccc1C(C)O. The van der Waals surface area contributed by atoms with Crippen LogP contribution in [0.5, 0.6) is 0 Å². The summed E-state index contributed by atoms with van der Waals surface area (Å²) in [5, 5.41) is 25.4. The first-order valence-electron chi connectivity index (χ1n) is 5.23. The highest BCUT2D eigenvalue weighted by Gasteiger charge is 2.18. The molecule has 1 atom stereocenters. The summed E-state index contributed by atoms with van der Waals surface area (Å²) < 4.78 is 0. The van der Waals surface area contributed by atoms with E-state index < -0.39 is 6.10 Å². The zero-order valence-corrected chi connectivity index (χ0v) is 9.60. The van der Waals surface area contributed by atoms with Crippen molar-refractivity contribution in [3.8, 4) is 17.3 Å². The minimum absolute atomic E-state index is 0.295. The fourth-order valence-electron chi connectivity index (χ4n) is 1.76. The fraction of sp³-hybridized carbons (Fsp3) is 0.250. The zero-order valence-electron chi connectivity index (χ0n) is 9.60. The van der Waals surface area contributed by atoms with E-state index in [4.69, 9.17) is 5.26 Å². The summed E-state index contributed by atoms with van der Waals surface area (Å²) in [5.74, 6) is 0. The van der Waals surface area contributed by atoms with Gasteiger partial charge in [-0.2, -0.15) is 10.4 Å². The van der Waals surface area contributed by atoms with Crippen molar-refractivity contribution in [2.24, 2.45) is 0 Å². The summed E-state index contributed by atoms with van der Waals surface area (Å²) >= 11 is 0. The van der Waals surface area contributed by atoms with Crippen molar-refractivity contribution in [2.75, 3.05) is 0 Å². The van der Waals surface area contributed by atoms with E-state index in [2.05, 4.69) is 15.2 Å². The lowest BCUT2D eigenvalue weighted by Crippen LogP contribution is -1.98. The van der Waals surface area contributed by atoms with Crippen molar-refractivity contribution < 1.29 is 5.11 Å². The number of hydrogen-bond acceptors (Lipinski definition) is 4. The second-order valence-electron chi connectivity index (χ2n) is 3.80. The minimum atomic E-state index is -0.639. The molecule has 0 bridgehead atoms. The fourth-order valence-corrected chi connectivity index (χ4v) is 1.76. The third kappa shape index (κ3) is 1.90. The Morgan fingerprint density at radius 1 is 1.53 bits per heavy atom. The minimum Gasteiger partial charge on any atom is -0.389 e. The smallest absolute Gasteiger partial charge is 0.171 e. The second-order valence-corrected chi connectivity index (χ2v) is 3.80. The molecule has 2 N–H and O–H groups in total. The van der Waals surface area contributed by atoms with Crippen LogP contribution in [0, 0.1) is 18.3 Å². The van der Waals surface area contributed by atoms with Crippen LogP contribution >= 0.6 is 0 Å². The second kappa shape index (κ2) is 4.36. The lowest BCUT2D eigenvalue weighted by Gasteiger charge is -2.10. The maximum Gasteiger partial charge on any atom is 0.171 e. The van der Waals surface area contributed by atoms with Crippen LogP contribution in [0.3, 0.4) is 0 Å². The van der Waals surface area contributed by atoms with Gasteiger partial charge in [-0.05, 0) is 19.9 Å². The number of hydrogen-bond donors (Lipinski definition) is 2. The van der Waals surface area contributed by atoms with Gasteiger partial charge in [-0.1, -0.05) is 6.07 Å². The van der Waals surface area contributed by atoms with Crippen molar-refractivity contribution in [1.82, 2.24) is 15.2 Å². The molecule has 2 rings (SSSR count). The number of aryl methyl sites for hydroxylation is 1. The number of rotatable bonds is 2. The Hall–Kier alpha value is -2.19. The first kappa shape index (κ1) is 11.3. The van der Waals surface area contributed by atoms with E-state index >= 15 is 0 Å². The van der Waals surface area contributed by atoms with E-state index in [-0.39, 0.29) is 0 Å². The van der Waals surface area contributed by atoms with Crippen LogP contribution in [0.2, 0.25) is 0 Å². The first-order valence-corrected chi connectivity index (χ1v) is 5.23. The van der Waals surface area contributed by atoms with Gasteiger partial charge in [-0.15, -0.1) is 0 Å². The summed E-state index contributed by atoms with van der Waals surface area (Å²) in [6, 6.07) is 5.57. The molecule has 0 spiro atoms. The molecule has 0 fully saturated rings. The van der Waals surface area contributed by atoms with E-state index in [0.717, 1.165) is 5.69 Å². The highest BCUT2D eigenvalue weighted by Crippen LogP contribution is 2.29. The Balaban J connectivity index is 2.69. The van der Waals surface area contributed by atoms with Crippen LogP contribution in [-0.2, 0) is 0 Å². The monoisotopic (exact) mass is 228 g/mol. The quantitative estimate of drug-likeness (QED) is 0.819. The lowest BCUT2D eigenvalue weighted by molar-refractivity contribution is 0.199. The first-order chi connectivity index (χ1) is 8.15. The van der Waals surface area contributed by atoms with E-state index in [1.807, 2.05) is 13.0 Å². The van der Waals surface area contributed by atoms with Crippen molar-refractivity contribution >= 4 is 0 Å². The van der Waals surface area contributed by atoms with Gasteiger partial charge < -0.3 is 5.11 Å². The Morgan fingerprint density at radius 2 is 2.29 bits per heavy atom. The van der Waals surface area contributed by atoms with Crippen molar-refractivity contribution in [2.45, 2.75) is 20.0 Å². The number of aromatic nitrogens is 3. The van der Waals surface area contributed by atoms with Gasteiger partial charge in [0, 0.05) is 17.5 Å². The number of aromatic amines is 1. The number of nitrogens with one attached hydrogen (secondary N) is 1. The molecule has 2 aromatic heterocycles. The average molecular weight is 228 g/mol. The Kier molecular flexibility index (Phi) is 2.90. The summed E-state index contributed by atoms with van der Waals surface area (Å²) in [6.07, 6.45) is 0.994. The molecule has 2 heterocycles. The molecule has 0 amide bonds. The summed E-state index contributed by atoms with van der Waals surface area (Å²) in [4.78, 5) is 4.24. The molecule has 0 aliphatic heterocycles. The number of H-pyrrole nitrogens is 1. The number of nitrogens with zero attached hydrogens (tertiary/aromatic N) is 3. The van der Waals surface area contributed by atoms with Gasteiger partial charge in [0.2, 0.25) is 0 Å². The number of nitriles is 1. The molecule has 5 heteroatoms. The molecular formula is C12H12N4O. The van der Waals surface area contributed by atoms with Crippen LogP contribution in [-0.4, -0.2) is 20.3 Å². The van der Waals surface area contributed by atoms with Gasteiger partial charge in [0.05, 0.1) is 17.4 Å². The van der Waals surface area contributed by atoms with Crippen LogP contribution < -0.4 is 0 Å². The normalized spacial score (nSPS) is 12.1. The maximum absolute atomic E-state index is 9.70. The van der Waals surface area contributed by atoms with Gasteiger partial charge >= 0.3 is 0 Å². The molecule has 0 aromatic carbocycles. The maximum atomic E-state index is 9.70. The van der Waals surface area contributed by atoms with Gasteiger partial charge in [0.25, 0.3) is 0 Å². The summed E-state index contributed by atoms with van der Waals surface area (Å²) in [6.45, 7) is 3.49. The predicted octanol–water partition coefficient (Wildman–Crippen LogP) is 1.71. The van der Waals surface area contributed by atoms with Gasteiger partial charge in [0.1, 0.15) is 6.07 Å². The third-order valence-electron chi connectivity index (χ3n) is 2.58. The highest BCUT2D eigenvalue weighted by molar-refractivity contribution is 5.70. The molecule has 2 aromatic rings. The van der Waals surface area contributed by atoms with Crippen molar-refractivity contribution in [3.05, 3.63) is 35.3 Å². The molecule has 0 aliphatic rings. The molecule has 5 nitrogen and oxygen atoms in total. The molecule has 0 saturated heterocycles. The van der Waals surface area contributed by atoms with E-state index in [1.54, 1.807) is 25.3 Å². The topological polar surface area (TPSA) is 85.6 Å². The van der Waals surface area contributed by atoms with E-state index in [9.17, 15) is 5.11 Å². The molecule has 86 valence electrons. The molecule has 0 saturated carbocycles. The van der Waals surface area contributed by atoms with Crippen molar-refractivity contribution in [3.63, 3.8) is 0 Å². The standard InChI is InChI=1S/C12H12N4O/c1-7-11(10(6-13)16-15-7)12-9(8(2)17)4-3-5-14-12/h3-5,8,17H,1-2H3,(H,15,16). The van der Waals surface area contributed by atoms with Gasteiger partial charge in [-0.3, -0.25) is 10.1 Å². The summed E-state index contributed by atoms with van der Waals surface area (Å²) in [5.41, 5.74) is 3.01. The molecule has 0 aliphatic carbocycles. The number of aliphatic hydroxyl groups excluding tert-OH is 1. The highest BCUT2D eigenvalue weighted by atomic mass is 16.3. The Morgan fingerprint density at radius 3 is 2.94 bits per heavy atom.